The summed E-state index contributed by atoms with van der Waals surface area (Å²) in [5.41, 5.74) is 3.53. The summed E-state index contributed by atoms with van der Waals surface area (Å²) in [7, 11) is 1.96. The molecule has 1 unspecified atom stereocenters. The van der Waals surface area contributed by atoms with Crippen LogP contribution in [0.5, 0.6) is 5.75 Å². The number of aryl methyl sites for hydroxylation is 1. The summed E-state index contributed by atoms with van der Waals surface area (Å²) in [5.74, 6) is 1.17. The molecule has 152 valence electrons. The Balaban J connectivity index is 1.48. The zero-order valence-electron chi connectivity index (χ0n) is 17.1. The lowest BCUT2D eigenvalue weighted by molar-refractivity contribution is 0.0669. The number of pyridine rings is 1. The lowest BCUT2D eigenvalue weighted by Gasteiger charge is -2.33. The van der Waals surface area contributed by atoms with E-state index < -0.39 is 0 Å². The van der Waals surface area contributed by atoms with E-state index in [-0.39, 0.29) is 5.91 Å². The molecule has 29 heavy (non-hydrogen) atoms. The Hall–Kier alpha value is -2.86. The number of fused-ring (bicyclic) bond motifs is 1. The number of imidazole rings is 1. The minimum Gasteiger partial charge on any atom is -0.486 e. The standard InChI is InChI=1S/C23H28N4O2/c1-17-9-10-22-25-19(15-27(22)13-17)16-29-21-8-4-3-7-20(21)23(28)26-11-5-6-18(14-26)12-24-2/h3-4,7-10,13,15,18,24H,5-6,11-12,14,16H2,1-2H3. The highest BCUT2D eigenvalue weighted by molar-refractivity contribution is 5.97. The van der Waals surface area contributed by atoms with E-state index in [0.717, 1.165) is 43.8 Å². The van der Waals surface area contributed by atoms with Crippen LogP contribution in [0.4, 0.5) is 0 Å². The van der Waals surface area contributed by atoms with Crippen molar-refractivity contribution >= 4 is 11.6 Å². The molecule has 6 heteroatoms. The van der Waals surface area contributed by atoms with Gasteiger partial charge in [0.1, 0.15) is 18.0 Å². The fraction of sp³-hybridized carbons (Fsp3) is 0.391. The van der Waals surface area contributed by atoms with Gasteiger partial charge in [0.2, 0.25) is 0 Å². The molecular weight excluding hydrogens is 364 g/mol. The molecule has 6 nitrogen and oxygen atoms in total. The molecule has 2 aromatic heterocycles. The average Bonchev–Trinajstić information content (AvgIpc) is 3.14. The lowest BCUT2D eigenvalue weighted by atomic mass is 9.97. The molecule has 1 aliphatic heterocycles. The third-order valence-corrected chi connectivity index (χ3v) is 5.44. The summed E-state index contributed by atoms with van der Waals surface area (Å²) < 4.78 is 8.03. The predicted molar refractivity (Wildman–Crippen MR) is 113 cm³/mol. The van der Waals surface area contributed by atoms with Crippen molar-refractivity contribution in [1.29, 1.82) is 0 Å². The van der Waals surface area contributed by atoms with E-state index in [4.69, 9.17) is 4.74 Å². The third kappa shape index (κ3) is 4.43. The summed E-state index contributed by atoms with van der Waals surface area (Å²) in [4.78, 5) is 19.7. The van der Waals surface area contributed by atoms with Crippen LogP contribution in [0.2, 0.25) is 0 Å². The fourth-order valence-electron chi connectivity index (χ4n) is 4.02. The number of piperidine rings is 1. The van der Waals surface area contributed by atoms with Crippen molar-refractivity contribution < 1.29 is 9.53 Å². The molecule has 0 bridgehead atoms. The maximum Gasteiger partial charge on any atom is 0.257 e. The van der Waals surface area contributed by atoms with Crippen LogP contribution in [0.15, 0.2) is 48.8 Å². The molecule has 1 fully saturated rings. The molecular formula is C23H28N4O2. The van der Waals surface area contributed by atoms with Gasteiger partial charge in [-0.3, -0.25) is 4.79 Å². The minimum atomic E-state index is 0.0482. The minimum absolute atomic E-state index is 0.0482. The van der Waals surface area contributed by atoms with Crippen molar-refractivity contribution in [3.05, 3.63) is 65.6 Å². The van der Waals surface area contributed by atoms with Gasteiger partial charge in [-0.2, -0.15) is 0 Å². The van der Waals surface area contributed by atoms with Gasteiger partial charge in [0.05, 0.1) is 11.3 Å². The van der Waals surface area contributed by atoms with Gasteiger partial charge < -0.3 is 19.4 Å². The number of hydrogen-bond acceptors (Lipinski definition) is 4. The van der Waals surface area contributed by atoms with Crippen molar-refractivity contribution in [3.63, 3.8) is 0 Å². The number of amides is 1. The number of benzene rings is 1. The number of carbonyl (C=O) groups is 1. The number of ether oxygens (including phenoxy) is 1. The van der Waals surface area contributed by atoms with E-state index in [2.05, 4.69) is 17.2 Å². The van der Waals surface area contributed by atoms with E-state index in [1.54, 1.807) is 0 Å². The first-order valence-electron chi connectivity index (χ1n) is 10.2. The molecule has 1 atom stereocenters. The number of aromatic nitrogens is 2. The number of likely N-dealkylation sites (tertiary alicyclic amines) is 1. The van der Waals surface area contributed by atoms with Crippen molar-refractivity contribution in [2.75, 3.05) is 26.7 Å². The fourth-order valence-corrected chi connectivity index (χ4v) is 4.02. The molecule has 0 radical (unpaired) electrons. The van der Waals surface area contributed by atoms with Gasteiger partial charge >= 0.3 is 0 Å². The second-order valence-electron chi connectivity index (χ2n) is 7.81. The highest BCUT2D eigenvalue weighted by Gasteiger charge is 2.25. The Morgan fingerprint density at radius 3 is 2.97 bits per heavy atom. The average molecular weight is 393 g/mol. The molecule has 0 spiro atoms. The zero-order valence-corrected chi connectivity index (χ0v) is 17.1. The van der Waals surface area contributed by atoms with Crippen LogP contribution < -0.4 is 10.1 Å². The number of rotatable bonds is 6. The van der Waals surface area contributed by atoms with E-state index >= 15 is 0 Å². The molecule has 3 heterocycles. The highest BCUT2D eigenvalue weighted by atomic mass is 16.5. The van der Waals surface area contributed by atoms with E-state index in [1.165, 1.54) is 5.56 Å². The Kier molecular flexibility index (Phi) is 5.81. The summed E-state index contributed by atoms with van der Waals surface area (Å²) in [6.45, 7) is 4.92. The Labute approximate surface area is 171 Å². The normalized spacial score (nSPS) is 16.9. The largest absolute Gasteiger partial charge is 0.486 e. The molecule has 1 aliphatic rings. The van der Waals surface area contributed by atoms with Gasteiger partial charge in [-0.1, -0.05) is 18.2 Å². The molecule has 1 aromatic carbocycles. The lowest BCUT2D eigenvalue weighted by Crippen LogP contribution is -2.42. The van der Waals surface area contributed by atoms with Crippen molar-refractivity contribution in [1.82, 2.24) is 19.6 Å². The number of carbonyl (C=O) groups excluding carboxylic acids is 1. The quantitative estimate of drug-likeness (QED) is 0.699. The van der Waals surface area contributed by atoms with Crippen LogP contribution in [0.25, 0.3) is 5.65 Å². The highest BCUT2D eigenvalue weighted by Crippen LogP contribution is 2.24. The Morgan fingerprint density at radius 1 is 1.24 bits per heavy atom. The van der Waals surface area contributed by atoms with Crippen molar-refractivity contribution in [2.45, 2.75) is 26.4 Å². The van der Waals surface area contributed by atoms with Crippen LogP contribution in [-0.4, -0.2) is 46.9 Å². The first-order chi connectivity index (χ1) is 14.1. The number of nitrogens with one attached hydrogen (secondary N) is 1. The molecule has 1 amide bonds. The second kappa shape index (κ2) is 8.66. The van der Waals surface area contributed by atoms with Crippen LogP contribution >= 0.6 is 0 Å². The number of para-hydroxylation sites is 1. The molecule has 0 saturated carbocycles. The first-order valence-corrected chi connectivity index (χ1v) is 10.2. The number of nitrogens with zero attached hydrogens (tertiary/aromatic N) is 3. The monoisotopic (exact) mass is 392 g/mol. The zero-order chi connectivity index (χ0) is 20.2. The maximum absolute atomic E-state index is 13.2. The van der Waals surface area contributed by atoms with Crippen molar-refractivity contribution in [3.8, 4) is 5.75 Å². The van der Waals surface area contributed by atoms with Gasteiger partial charge in [0, 0.05) is 25.5 Å². The van der Waals surface area contributed by atoms with Gasteiger partial charge in [0.15, 0.2) is 0 Å². The molecule has 3 aromatic rings. The van der Waals surface area contributed by atoms with E-state index in [9.17, 15) is 4.79 Å². The van der Waals surface area contributed by atoms with Gasteiger partial charge in [-0.15, -0.1) is 0 Å². The first kappa shape index (κ1) is 19.5. The smallest absolute Gasteiger partial charge is 0.257 e. The van der Waals surface area contributed by atoms with Gasteiger partial charge in [-0.25, -0.2) is 4.98 Å². The summed E-state index contributed by atoms with van der Waals surface area (Å²) in [6.07, 6.45) is 6.22. The Bertz CT molecular complexity index is 995. The molecule has 0 aliphatic carbocycles. The number of hydrogen-bond donors (Lipinski definition) is 1. The predicted octanol–water partition coefficient (Wildman–Crippen LogP) is 3.29. The van der Waals surface area contributed by atoms with Crippen LogP contribution in [0.1, 0.15) is 34.5 Å². The van der Waals surface area contributed by atoms with Crippen LogP contribution in [0.3, 0.4) is 0 Å². The third-order valence-electron chi connectivity index (χ3n) is 5.44. The summed E-state index contributed by atoms with van der Waals surface area (Å²) in [6, 6.07) is 11.5. The molecule has 1 N–H and O–H groups in total. The summed E-state index contributed by atoms with van der Waals surface area (Å²) >= 11 is 0. The van der Waals surface area contributed by atoms with Crippen LogP contribution in [-0.2, 0) is 6.61 Å². The van der Waals surface area contributed by atoms with Crippen LogP contribution in [0, 0.1) is 12.8 Å². The molecule has 4 rings (SSSR count). The second-order valence-corrected chi connectivity index (χ2v) is 7.81. The van der Waals surface area contributed by atoms with E-state index in [0.29, 0.717) is 23.8 Å². The SMILES string of the molecule is CNCC1CCCN(C(=O)c2ccccc2OCc2cn3cc(C)ccc3n2)C1. The van der Waals surface area contributed by atoms with Gasteiger partial charge in [0.25, 0.3) is 5.91 Å². The maximum atomic E-state index is 13.2. The van der Waals surface area contributed by atoms with Crippen molar-refractivity contribution in [2.24, 2.45) is 5.92 Å². The Morgan fingerprint density at radius 2 is 2.10 bits per heavy atom. The van der Waals surface area contributed by atoms with Gasteiger partial charge in [-0.05, 0) is 63.0 Å². The molecule has 1 saturated heterocycles. The van der Waals surface area contributed by atoms with E-state index in [1.807, 2.05) is 65.1 Å². The summed E-state index contributed by atoms with van der Waals surface area (Å²) in [5, 5.41) is 3.23. The topological polar surface area (TPSA) is 58.9 Å².